The zero-order valence-electron chi connectivity index (χ0n) is 12.5. The van der Waals surface area contributed by atoms with Crippen LogP contribution in [0.25, 0.3) is 0 Å². The van der Waals surface area contributed by atoms with E-state index in [1.165, 1.54) is 0 Å². The highest BCUT2D eigenvalue weighted by Gasteiger charge is 2.28. The van der Waals surface area contributed by atoms with Crippen LogP contribution in [-0.4, -0.2) is 29.6 Å². The van der Waals surface area contributed by atoms with Crippen LogP contribution in [-0.2, 0) is 17.6 Å². The van der Waals surface area contributed by atoms with Crippen molar-refractivity contribution >= 4 is 11.9 Å². The Morgan fingerprint density at radius 2 is 1.87 bits per heavy atom. The van der Waals surface area contributed by atoms with Gasteiger partial charge in [0.1, 0.15) is 5.75 Å². The minimum absolute atomic E-state index is 0.122. The lowest BCUT2D eigenvalue weighted by molar-refractivity contribution is -0.127. The molecule has 1 aliphatic heterocycles. The van der Waals surface area contributed by atoms with Gasteiger partial charge in [-0.1, -0.05) is 30.3 Å². The average Bonchev–Trinajstić information content (AvgIpc) is 2.99. The first-order chi connectivity index (χ1) is 11.1. The number of amides is 1. The molecule has 5 heteroatoms. The van der Waals surface area contributed by atoms with Crippen LogP contribution >= 0.6 is 0 Å². The van der Waals surface area contributed by atoms with Gasteiger partial charge in [-0.2, -0.15) is 0 Å². The van der Waals surface area contributed by atoms with Gasteiger partial charge in [0.15, 0.2) is 6.10 Å². The molecule has 0 spiro atoms. The van der Waals surface area contributed by atoms with Crippen molar-refractivity contribution in [2.45, 2.75) is 18.9 Å². The highest BCUT2D eigenvalue weighted by molar-refractivity contribution is 5.87. The molecule has 0 saturated carbocycles. The number of fused-ring (bicyclic) bond motifs is 1. The van der Waals surface area contributed by atoms with Crippen LogP contribution in [0.5, 0.6) is 5.75 Å². The van der Waals surface area contributed by atoms with Crippen molar-refractivity contribution in [1.82, 2.24) is 5.32 Å². The third kappa shape index (κ3) is 3.51. The molecule has 23 heavy (non-hydrogen) atoms. The van der Waals surface area contributed by atoms with Crippen molar-refractivity contribution < 1.29 is 19.4 Å². The summed E-state index contributed by atoms with van der Waals surface area (Å²) >= 11 is 0. The van der Waals surface area contributed by atoms with Crippen LogP contribution in [0, 0.1) is 0 Å². The maximum atomic E-state index is 12.1. The summed E-state index contributed by atoms with van der Waals surface area (Å²) in [4.78, 5) is 22.9. The summed E-state index contributed by atoms with van der Waals surface area (Å²) in [6.45, 7) is 0.488. The molecule has 0 radical (unpaired) electrons. The molecule has 0 aromatic heterocycles. The van der Waals surface area contributed by atoms with E-state index in [1.54, 1.807) is 24.3 Å². The Hall–Kier alpha value is -2.82. The van der Waals surface area contributed by atoms with Crippen molar-refractivity contribution in [3.63, 3.8) is 0 Å². The molecule has 3 rings (SSSR count). The molecule has 0 aliphatic carbocycles. The molecular formula is C18H17NO4. The molecule has 118 valence electrons. The summed E-state index contributed by atoms with van der Waals surface area (Å²) in [5, 5.41) is 11.7. The first-order valence-electron chi connectivity index (χ1n) is 7.48. The van der Waals surface area contributed by atoms with Crippen LogP contribution in [0.1, 0.15) is 21.5 Å². The lowest BCUT2D eigenvalue weighted by Crippen LogP contribution is -2.38. The number of aromatic carboxylic acids is 1. The lowest BCUT2D eigenvalue weighted by atomic mass is 10.1. The number of ether oxygens (including phenoxy) is 1. The van der Waals surface area contributed by atoms with Gasteiger partial charge in [-0.15, -0.1) is 0 Å². The number of nitrogens with one attached hydrogen (secondary N) is 1. The Balaban J connectivity index is 1.48. The zero-order chi connectivity index (χ0) is 16.2. The minimum Gasteiger partial charge on any atom is -0.480 e. The molecule has 2 aromatic carbocycles. The number of rotatable bonds is 5. The number of hydrogen-bond acceptors (Lipinski definition) is 3. The fourth-order valence-corrected chi connectivity index (χ4v) is 2.59. The van der Waals surface area contributed by atoms with Crippen LogP contribution in [0.15, 0.2) is 48.5 Å². The second-order valence-corrected chi connectivity index (χ2v) is 5.46. The number of hydrogen-bond donors (Lipinski definition) is 2. The largest absolute Gasteiger partial charge is 0.480 e. The smallest absolute Gasteiger partial charge is 0.335 e. The van der Waals surface area contributed by atoms with E-state index in [-0.39, 0.29) is 11.5 Å². The molecule has 0 unspecified atom stereocenters. The average molecular weight is 311 g/mol. The Morgan fingerprint density at radius 1 is 1.13 bits per heavy atom. The van der Waals surface area contributed by atoms with E-state index < -0.39 is 12.1 Å². The second-order valence-electron chi connectivity index (χ2n) is 5.46. The quantitative estimate of drug-likeness (QED) is 0.886. The number of carboxylic acids is 1. The molecule has 0 bridgehead atoms. The van der Waals surface area contributed by atoms with E-state index in [0.717, 1.165) is 16.9 Å². The van der Waals surface area contributed by atoms with E-state index >= 15 is 0 Å². The standard InChI is InChI=1S/C18H17NO4/c20-17(16-11-14-3-1-2-4-15(14)23-16)19-10-9-12-5-7-13(8-6-12)18(21)22/h1-8,16H,9-11H2,(H,19,20)(H,21,22)/t16-/m1/s1. The number of carbonyl (C=O) groups is 2. The van der Waals surface area contributed by atoms with Gasteiger partial charge in [-0.3, -0.25) is 4.79 Å². The molecule has 0 fully saturated rings. The normalized spacial score (nSPS) is 15.6. The van der Waals surface area contributed by atoms with Crippen molar-refractivity contribution in [1.29, 1.82) is 0 Å². The van der Waals surface area contributed by atoms with Gasteiger partial charge >= 0.3 is 5.97 Å². The maximum Gasteiger partial charge on any atom is 0.335 e. The Labute approximate surface area is 133 Å². The summed E-state index contributed by atoms with van der Waals surface area (Å²) in [6.07, 6.45) is 0.766. The van der Waals surface area contributed by atoms with Gasteiger partial charge in [-0.05, 0) is 35.7 Å². The first-order valence-corrected chi connectivity index (χ1v) is 7.48. The predicted molar refractivity (Wildman–Crippen MR) is 84.7 cm³/mol. The van der Waals surface area contributed by atoms with Crippen LogP contribution in [0.3, 0.4) is 0 Å². The van der Waals surface area contributed by atoms with Crippen molar-refractivity contribution in [3.8, 4) is 5.75 Å². The highest BCUT2D eigenvalue weighted by atomic mass is 16.5. The summed E-state index contributed by atoms with van der Waals surface area (Å²) in [5.74, 6) is -0.289. The van der Waals surface area contributed by atoms with Gasteiger partial charge < -0.3 is 15.2 Å². The van der Waals surface area contributed by atoms with Gasteiger partial charge in [0.25, 0.3) is 5.91 Å². The zero-order valence-corrected chi connectivity index (χ0v) is 12.5. The van der Waals surface area contributed by atoms with Crippen LogP contribution < -0.4 is 10.1 Å². The van der Waals surface area contributed by atoms with E-state index in [0.29, 0.717) is 19.4 Å². The maximum absolute atomic E-state index is 12.1. The van der Waals surface area contributed by atoms with Gasteiger partial charge in [0, 0.05) is 13.0 Å². The second kappa shape index (κ2) is 6.52. The summed E-state index contributed by atoms with van der Waals surface area (Å²) in [6, 6.07) is 14.3. The van der Waals surface area contributed by atoms with Gasteiger partial charge in [-0.25, -0.2) is 4.79 Å². The third-order valence-corrected chi connectivity index (χ3v) is 3.85. The van der Waals surface area contributed by atoms with Crippen molar-refractivity contribution in [2.75, 3.05) is 6.54 Å². The van der Waals surface area contributed by atoms with E-state index in [9.17, 15) is 9.59 Å². The molecule has 2 N–H and O–H groups in total. The SMILES string of the molecule is O=C(O)c1ccc(CCNC(=O)[C@H]2Cc3ccccc3O2)cc1. The Bertz CT molecular complexity index is 699. The first kappa shape index (κ1) is 15.1. The van der Waals surface area contributed by atoms with Gasteiger partial charge in [0.2, 0.25) is 0 Å². The molecule has 1 atom stereocenters. The van der Waals surface area contributed by atoms with E-state index in [2.05, 4.69) is 5.32 Å². The van der Waals surface area contributed by atoms with Crippen LogP contribution in [0.2, 0.25) is 0 Å². The summed E-state index contributed by atoms with van der Waals surface area (Å²) in [7, 11) is 0. The highest BCUT2D eigenvalue weighted by Crippen LogP contribution is 2.28. The van der Waals surface area contributed by atoms with Crippen LogP contribution in [0.4, 0.5) is 0 Å². The Kier molecular flexibility index (Phi) is 4.28. The molecular weight excluding hydrogens is 294 g/mol. The number of benzene rings is 2. The number of carboxylic acid groups (broad SMARTS) is 1. The lowest BCUT2D eigenvalue weighted by Gasteiger charge is -2.11. The molecule has 5 nitrogen and oxygen atoms in total. The summed E-state index contributed by atoms with van der Waals surface area (Å²) in [5.41, 5.74) is 2.29. The monoisotopic (exact) mass is 311 g/mol. The number of para-hydroxylation sites is 1. The van der Waals surface area contributed by atoms with E-state index in [4.69, 9.17) is 9.84 Å². The van der Waals surface area contributed by atoms with Gasteiger partial charge in [0.05, 0.1) is 5.56 Å². The molecule has 1 heterocycles. The van der Waals surface area contributed by atoms with E-state index in [1.807, 2.05) is 24.3 Å². The fraction of sp³-hybridized carbons (Fsp3) is 0.222. The topological polar surface area (TPSA) is 75.6 Å². The molecule has 0 saturated heterocycles. The minimum atomic E-state index is -0.942. The van der Waals surface area contributed by atoms with Crippen molar-refractivity contribution in [3.05, 3.63) is 65.2 Å². The number of carbonyl (C=O) groups excluding carboxylic acids is 1. The summed E-state index contributed by atoms with van der Waals surface area (Å²) < 4.78 is 5.64. The molecule has 2 aromatic rings. The molecule has 1 amide bonds. The predicted octanol–water partition coefficient (Wildman–Crippen LogP) is 2.05. The fourth-order valence-electron chi connectivity index (χ4n) is 2.59. The molecule has 1 aliphatic rings. The van der Waals surface area contributed by atoms with Crippen molar-refractivity contribution in [2.24, 2.45) is 0 Å². The third-order valence-electron chi connectivity index (χ3n) is 3.85. The Morgan fingerprint density at radius 3 is 2.57 bits per heavy atom.